The summed E-state index contributed by atoms with van der Waals surface area (Å²) in [5, 5.41) is 6.33. The molecule has 1 N–H and O–H groups in total. The zero-order chi connectivity index (χ0) is 24.1. The molecule has 0 aliphatic carbocycles. The quantitative estimate of drug-likeness (QED) is 0.583. The number of rotatable bonds is 4. The lowest BCUT2D eigenvalue weighted by Crippen LogP contribution is -2.51. The Balaban J connectivity index is 1.52. The van der Waals surface area contributed by atoms with Gasteiger partial charge in [0.25, 0.3) is 11.1 Å². The van der Waals surface area contributed by atoms with Crippen LogP contribution in [0.2, 0.25) is 0 Å². The second-order valence-electron chi connectivity index (χ2n) is 9.56. The van der Waals surface area contributed by atoms with Crippen LogP contribution in [0, 0.1) is 11.8 Å². The average molecular weight is 466 g/mol. The van der Waals surface area contributed by atoms with Gasteiger partial charge in [0.05, 0.1) is 12.7 Å². The summed E-state index contributed by atoms with van der Waals surface area (Å²) >= 11 is 0. The molecule has 0 radical (unpaired) electrons. The van der Waals surface area contributed by atoms with Crippen molar-refractivity contribution in [1.82, 2.24) is 24.2 Å². The van der Waals surface area contributed by atoms with E-state index in [9.17, 15) is 19.2 Å². The van der Waals surface area contributed by atoms with Crippen LogP contribution in [0.1, 0.15) is 48.3 Å². The molecule has 0 aromatic carbocycles. The predicted molar refractivity (Wildman–Crippen MR) is 123 cm³/mol. The third-order valence-corrected chi connectivity index (χ3v) is 6.98. The van der Waals surface area contributed by atoms with Gasteiger partial charge in [-0.3, -0.25) is 14.4 Å². The molecular weight excluding hydrogens is 438 g/mol. The summed E-state index contributed by atoms with van der Waals surface area (Å²) in [6.45, 7) is 5.55. The first-order chi connectivity index (χ1) is 16.3. The highest BCUT2D eigenvalue weighted by molar-refractivity contribution is 5.96. The molecule has 1 amide bonds. The van der Waals surface area contributed by atoms with E-state index in [1.807, 2.05) is 29.4 Å². The molecule has 1 fully saturated rings. The van der Waals surface area contributed by atoms with E-state index in [-0.39, 0.29) is 46.0 Å². The summed E-state index contributed by atoms with van der Waals surface area (Å²) < 4.78 is 8.36. The van der Waals surface area contributed by atoms with Crippen molar-refractivity contribution in [2.45, 2.75) is 38.8 Å². The van der Waals surface area contributed by atoms with Crippen molar-refractivity contribution in [3.05, 3.63) is 62.6 Å². The normalized spacial score (nSPS) is 20.3. The Kier molecular flexibility index (Phi) is 5.38. The first-order valence-electron chi connectivity index (χ1n) is 11.4. The smallest absolute Gasteiger partial charge is 0.341 e. The van der Waals surface area contributed by atoms with Crippen LogP contribution >= 0.6 is 0 Å². The number of H-pyrrole nitrogens is 1. The van der Waals surface area contributed by atoms with Crippen LogP contribution in [0.3, 0.4) is 0 Å². The van der Waals surface area contributed by atoms with Gasteiger partial charge in [-0.2, -0.15) is 5.10 Å². The van der Waals surface area contributed by atoms with E-state index < -0.39 is 17.6 Å². The average Bonchev–Trinajstić information content (AvgIpc) is 3.19. The monoisotopic (exact) mass is 465 g/mol. The predicted octanol–water partition coefficient (Wildman–Crippen LogP) is 1.47. The number of carbonyl (C=O) groups is 2. The Morgan fingerprint density at radius 2 is 1.94 bits per heavy atom. The number of likely N-dealkylation sites (tertiary alicyclic amines) is 1. The first kappa shape index (κ1) is 22.1. The molecule has 4 aliphatic rings. The van der Waals surface area contributed by atoms with Crippen molar-refractivity contribution in [3.63, 3.8) is 0 Å². The molecule has 0 saturated carbocycles. The molecule has 3 atom stereocenters. The van der Waals surface area contributed by atoms with Crippen LogP contribution in [-0.2, 0) is 16.1 Å². The number of carbonyl (C=O) groups excluding carboxylic acids is 2. The van der Waals surface area contributed by atoms with Gasteiger partial charge >= 0.3 is 5.97 Å². The first-order valence-corrected chi connectivity index (χ1v) is 11.4. The molecular formula is C24H27N5O5. The third-order valence-electron chi connectivity index (χ3n) is 6.98. The zero-order valence-electron chi connectivity index (χ0n) is 19.4. The van der Waals surface area contributed by atoms with E-state index in [1.54, 1.807) is 22.9 Å². The molecule has 1 saturated heterocycles. The Labute approximate surface area is 195 Å². The molecule has 1 aromatic heterocycles. The second kappa shape index (κ2) is 8.27. The van der Waals surface area contributed by atoms with E-state index in [1.165, 1.54) is 13.3 Å². The molecule has 178 valence electrons. The van der Waals surface area contributed by atoms with E-state index in [4.69, 9.17) is 4.74 Å². The van der Waals surface area contributed by atoms with Gasteiger partial charge in [0, 0.05) is 49.7 Å². The Morgan fingerprint density at radius 3 is 2.68 bits per heavy atom. The number of esters is 1. The number of hydrogen-bond donors (Lipinski definition) is 1. The number of aromatic amines is 1. The van der Waals surface area contributed by atoms with Crippen LogP contribution in [0.25, 0.3) is 11.3 Å². The number of fused-ring (bicyclic) bond motifs is 5. The van der Waals surface area contributed by atoms with Gasteiger partial charge in [-0.15, -0.1) is 0 Å². The SMILES string of the molecule is COC(=O)c1cn([C@@H](C(=O)N2C[C@H]3C[C@@H](C2)c2cccc(=O)n2C3)C(C)C)cc2c(=O)[nH]nc1-2. The number of hydrogen-bond acceptors (Lipinski definition) is 6. The van der Waals surface area contributed by atoms with Crippen LogP contribution in [0.4, 0.5) is 0 Å². The molecule has 0 spiro atoms. The highest BCUT2D eigenvalue weighted by atomic mass is 16.5. The van der Waals surface area contributed by atoms with Gasteiger partial charge in [-0.05, 0) is 24.3 Å². The summed E-state index contributed by atoms with van der Waals surface area (Å²) in [6.07, 6.45) is 4.06. The van der Waals surface area contributed by atoms with Gasteiger partial charge in [-0.25, -0.2) is 9.89 Å². The van der Waals surface area contributed by atoms with E-state index >= 15 is 0 Å². The second-order valence-corrected chi connectivity index (χ2v) is 9.56. The number of methoxy groups -OCH3 is 1. The lowest BCUT2D eigenvalue weighted by atomic mass is 9.82. The minimum absolute atomic E-state index is 0.000222. The van der Waals surface area contributed by atoms with Gasteiger partial charge in [0.15, 0.2) is 0 Å². The molecule has 1 aromatic rings. The van der Waals surface area contributed by atoms with Crippen molar-refractivity contribution in [2.75, 3.05) is 20.2 Å². The summed E-state index contributed by atoms with van der Waals surface area (Å²) in [4.78, 5) is 52.8. The summed E-state index contributed by atoms with van der Waals surface area (Å²) in [5.74, 6) is -0.524. The topological polar surface area (TPSA) is 119 Å². The van der Waals surface area contributed by atoms with Crippen LogP contribution in [0.5, 0.6) is 0 Å². The number of pyridine rings is 2. The minimum atomic E-state index is -0.629. The highest BCUT2D eigenvalue weighted by Crippen LogP contribution is 2.37. The molecule has 10 nitrogen and oxygen atoms in total. The number of ether oxygens (including phenoxy) is 1. The van der Waals surface area contributed by atoms with Crippen LogP contribution in [0.15, 0.2) is 40.2 Å². The van der Waals surface area contributed by atoms with Gasteiger partial charge in [0.2, 0.25) is 5.91 Å². The van der Waals surface area contributed by atoms with Crippen molar-refractivity contribution < 1.29 is 14.3 Å². The summed E-state index contributed by atoms with van der Waals surface area (Å²) in [5.41, 5.74) is 1.11. The minimum Gasteiger partial charge on any atom is -0.465 e. The van der Waals surface area contributed by atoms with Crippen LogP contribution in [-0.4, -0.2) is 56.3 Å². The molecule has 5 rings (SSSR count). The molecule has 10 heteroatoms. The van der Waals surface area contributed by atoms with E-state index in [2.05, 4.69) is 10.2 Å². The maximum Gasteiger partial charge on any atom is 0.341 e. The highest BCUT2D eigenvalue weighted by Gasteiger charge is 2.39. The van der Waals surface area contributed by atoms with Crippen molar-refractivity contribution in [3.8, 4) is 11.3 Å². The fourth-order valence-corrected chi connectivity index (χ4v) is 5.50. The fourth-order valence-electron chi connectivity index (χ4n) is 5.50. The maximum atomic E-state index is 13.9. The number of aromatic nitrogens is 4. The van der Waals surface area contributed by atoms with E-state index in [0.29, 0.717) is 19.6 Å². The van der Waals surface area contributed by atoms with Gasteiger partial charge < -0.3 is 18.8 Å². The largest absolute Gasteiger partial charge is 0.465 e. The lowest BCUT2D eigenvalue weighted by molar-refractivity contribution is -0.139. The summed E-state index contributed by atoms with van der Waals surface area (Å²) in [6, 6.07) is 4.69. The Hall–Kier alpha value is -3.69. The maximum absolute atomic E-state index is 13.9. The Bertz CT molecular complexity index is 1350. The molecule has 34 heavy (non-hydrogen) atoms. The van der Waals surface area contributed by atoms with Crippen molar-refractivity contribution in [2.24, 2.45) is 11.8 Å². The number of piperidine rings is 1. The zero-order valence-corrected chi connectivity index (χ0v) is 19.4. The van der Waals surface area contributed by atoms with Gasteiger partial charge in [0.1, 0.15) is 17.3 Å². The molecule has 5 heterocycles. The van der Waals surface area contributed by atoms with Crippen molar-refractivity contribution >= 4 is 11.9 Å². The van der Waals surface area contributed by atoms with Crippen LogP contribution < -0.4 is 11.1 Å². The molecule has 0 unspecified atom stereocenters. The number of nitrogens with one attached hydrogen (secondary N) is 1. The van der Waals surface area contributed by atoms with Gasteiger partial charge in [-0.1, -0.05) is 19.9 Å². The van der Waals surface area contributed by atoms with E-state index in [0.717, 1.165) is 12.1 Å². The fraction of sp³-hybridized carbons (Fsp3) is 0.458. The third kappa shape index (κ3) is 3.53. The number of nitrogens with zero attached hydrogens (tertiary/aromatic N) is 4. The standard InChI is InChI=1S/C24H27N5O5/c1-13(2)21(27-11-16-20(25-26-22(16)31)17(12-27)24(33)34-3)23(32)28-8-14-7-15(10-28)18-5-4-6-19(30)29(18)9-14/h4-6,11-15,21H,7-10H2,1-3H3,(H,26,31)/t14-,15+,21-/m1/s1. The summed E-state index contributed by atoms with van der Waals surface area (Å²) in [7, 11) is 1.26. The van der Waals surface area contributed by atoms with Crippen molar-refractivity contribution in [1.29, 1.82) is 0 Å². The molecule has 2 bridgehead atoms. The Morgan fingerprint density at radius 1 is 1.15 bits per heavy atom. The molecule has 4 aliphatic heterocycles. The lowest BCUT2D eigenvalue weighted by Gasteiger charge is -2.44. The number of amides is 1.